The summed E-state index contributed by atoms with van der Waals surface area (Å²) in [5.41, 5.74) is 0. The lowest BCUT2D eigenvalue weighted by Crippen LogP contribution is -2.20. The molecule has 1 aliphatic heterocycles. The average molecular weight is 252 g/mol. The fourth-order valence-electron chi connectivity index (χ4n) is 2.10. The van der Waals surface area contributed by atoms with Crippen LogP contribution in [-0.4, -0.2) is 11.9 Å². The summed E-state index contributed by atoms with van der Waals surface area (Å²) in [6.45, 7) is 2.14. The third kappa shape index (κ3) is 5.99. The minimum absolute atomic E-state index is 0.232. The highest BCUT2D eigenvalue weighted by Crippen LogP contribution is 2.18. The van der Waals surface area contributed by atoms with Gasteiger partial charge in [0.05, 0.1) is 5.92 Å². The molecule has 102 valence electrons. The Morgan fingerprint density at radius 2 is 2.00 bits per heavy atom. The third-order valence-corrected chi connectivity index (χ3v) is 3.26. The summed E-state index contributed by atoms with van der Waals surface area (Å²) in [5.74, 6) is -0.965. The average Bonchev–Trinajstić information content (AvgIpc) is 2.35. The molecule has 0 spiro atoms. The lowest BCUT2D eigenvalue weighted by molar-refractivity contribution is -0.162. The van der Waals surface area contributed by atoms with Gasteiger partial charge in [-0.3, -0.25) is 9.59 Å². The van der Waals surface area contributed by atoms with E-state index >= 15 is 0 Å². The van der Waals surface area contributed by atoms with E-state index < -0.39 is 0 Å². The van der Waals surface area contributed by atoms with Crippen LogP contribution in [0.25, 0.3) is 0 Å². The lowest BCUT2D eigenvalue weighted by atomic mass is 9.98. The number of hydrogen-bond donors (Lipinski definition) is 0. The SMILES string of the molecule is CCCCC=CC1CCCCCCC(=O)OC1=O. The van der Waals surface area contributed by atoms with Gasteiger partial charge in [-0.15, -0.1) is 0 Å². The highest BCUT2D eigenvalue weighted by molar-refractivity contribution is 5.87. The summed E-state index contributed by atoms with van der Waals surface area (Å²) in [5, 5.41) is 0. The molecule has 0 bridgehead atoms. The van der Waals surface area contributed by atoms with E-state index in [-0.39, 0.29) is 17.9 Å². The fourth-order valence-corrected chi connectivity index (χ4v) is 2.10. The number of esters is 2. The Labute approximate surface area is 110 Å². The summed E-state index contributed by atoms with van der Waals surface area (Å²) in [7, 11) is 0. The van der Waals surface area contributed by atoms with Crippen LogP contribution >= 0.6 is 0 Å². The van der Waals surface area contributed by atoms with Gasteiger partial charge in [0, 0.05) is 6.42 Å². The maximum atomic E-state index is 11.8. The van der Waals surface area contributed by atoms with E-state index in [1.807, 2.05) is 12.2 Å². The maximum absolute atomic E-state index is 11.8. The molecular formula is C15H24O3. The number of carbonyl (C=O) groups is 2. The molecule has 0 aliphatic carbocycles. The van der Waals surface area contributed by atoms with E-state index in [1.165, 1.54) is 0 Å². The normalized spacial score (nSPS) is 23.1. The van der Waals surface area contributed by atoms with Gasteiger partial charge < -0.3 is 4.74 Å². The van der Waals surface area contributed by atoms with Crippen LogP contribution in [0.1, 0.15) is 64.7 Å². The van der Waals surface area contributed by atoms with Gasteiger partial charge in [0.1, 0.15) is 0 Å². The largest absolute Gasteiger partial charge is 0.393 e. The molecule has 18 heavy (non-hydrogen) atoms. The maximum Gasteiger partial charge on any atom is 0.320 e. The van der Waals surface area contributed by atoms with Crippen molar-refractivity contribution in [3.63, 3.8) is 0 Å². The second kappa shape index (κ2) is 8.90. The van der Waals surface area contributed by atoms with E-state index in [0.717, 1.165) is 51.4 Å². The topological polar surface area (TPSA) is 43.4 Å². The predicted molar refractivity (Wildman–Crippen MR) is 71.0 cm³/mol. The van der Waals surface area contributed by atoms with E-state index in [1.54, 1.807) is 0 Å². The van der Waals surface area contributed by atoms with E-state index in [0.29, 0.717) is 6.42 Å². The zero-order valence-corrected chi connectivity index (χ0v) is 11.3. The summed E-state index contributed by atoms with van der Waals surface area (Å²) in [6.07, 6.45) is 12.4. The van der Waals surface area contributed by atoms with Crippen LogP contribution in [0.5, 0.6) is 0 Å². The van der Waals surface area contributed by atoms with Crippen molar-refractivity contribution in [1.29, 1.82) is 0 Å². The van der Waals surface area contributed by atoms with Crippen molar-refractivity contribution in [3.8, 4) is 0 Å². The third-order valence-electron chi connectivity index (χ3n) is 3.26. The zero-order chi connectivity index (χ0) is 13.2. The molecule has 1 heterocycles. The van der Waals surface area contributed by atoms with E-state index in [4.69, 9.17) is 4.74 Å². The van der Waals surface area contributed by atoms with Gasteiger partial charge in [0.25, 0.3) is 0 Å². The van der Waals surface area contributed by atoms with Crippen molar-refractivity contribution in [2.24, 2.45) is 5.92 Å². The first-order valence-corrected chi connectivity index (χ1v) is 7.15. The van der Waals surface area contributed by atoms with Crippen LogP contribution < -0.4 is 0 Å². The minimum Gasteiger partial charge on any atom is -0.393 e. The van der Waals surface area contributed by atoms with Crippen molar-refractivity contribution in [1.82, 2.24) is 0 Å². The molecule has 0 aromatic heterocycles. The molecule has 1 saturated heterocycles. The lowest BCUT2D eigenvalue weighted by Gasteiger charge is -2.13. The number of ether oxygens (including phenoxy) is 1. The minimum atomic E-state index is -0.367. The number of rotatable bonds is 4. The number of hydrogen-bond acceptors (Lipinski definition) is 3. The summed E-state index contributed by atoms with van der Waals surface area (Å²) < 4.78 is 4.87. The highest BCUT2D eigenvalue weighted by atomic mass is 16.6. The number of carbonyl (C=O) groups excluding carboxylic acids is 2. The fraction of sp³-hybridized carbons (Fsp3) is 0.733. The molecule has 0 aromatic rings. The van der Waals surface area contributed by atoms with Gasteiger partial charge in [-0.05, 0) is 19.3 Å². The summed E-state index contributed by atoms with van der Waals surface area (Å²) in [4.78, 5) is 23.2. The molecular weight excluding hydrogens is 228 g/mol. The smallest absolute Gasteiger partial charge is 0.320 e. The van der Waals surface area contributed by atoms with Gasteiger partial charge in [0.2, 0.25) is 0 Å². The molecule has 1 rings (SSSR count). The Kier molecular flexibility index (Phi) is 7.38. The monoisotopic (exact) mass is 252 g/mol. The van der Waals surface area contributed by atoms with Crippen molar-refractivity contribution in [3.05, 3.63) is 12.2 Å². The van der Waals surface area contributed by atoms with Gasteiger partial charge >= 0.3 is 11.9 Å². The van der Waals surface area contributed by atoms with Crippen LogP contribution in [0.4, 0.5) is 0 Å². The molecule has 3 heteroatoms. The standard InChI is InChI=1S/C15H24O3/c1-2-3-4-7-10-13-11-8-5-6-9-12-14(16)18-15(13)17/h7,10,13H,2-6,8-9,11-12H2,1H3. The second-order valence-electron chi connectivity index (χ2n) is 4.92. The van der Waals surface area contributed by atoms with Crippen LogP contribution in [0.15, 0.2) is 12.2 Å². The number of cyclic esters (lactones) is 2. The molecule has 0 aromatic carbocycles. The molecule has 1 aliphatic rings. The first-order valence-electron chi connectivity index (χ1n) is 7.15. The highest BCUT2D eigenvalue weighted by Gasteiger charge is 2.20. The Morgan fingerprint density at radius 1 is 1.22 bits per heavy atom. The number of allylic oxidation sites excluding steroid dienone is 1. The van der Waals surface area contributed by atoms with Gasteiger partial charge in [-0.1, -0.05) is 51.2 Å². The number of unbranched alkanes of at least 4 members (excludes halogenated alkanes) is 2. The van der Waals surface area contributed by atoms with E-state index in [2.05, 4.69) is 6.92 Å². The van der Waals surface area contributed by atoms with Crippen LogP contribution in [0, 0.1) is 5.92 Å². The Morgan fingerprint density at radius 3 is 2.78 bits per heavy atom. The molecule has 1 unspecified atom stereocenters. The summed E-state index contributed by atoms with van der Waals surface area (Å²) >= 11 is 0. The van der Waals surface area contributed by atoms with Crippen molar-refractivity contribution < 1.29 is 14.3 Å². The van der Waals surface area contributed by atoms with Crippen LogP contribution in [0.3, 0.4) is 0 Å². The first kappa shape index (κ1) is 14.9. The van der Waals surface area contributed by atoms with Gasteiger partial charge in [-0.2, -0.15) is 0 Å². The van der Waals surface area contributed by atoms with Crippen molar-refractivity contribution >= 4 is 11.9 Å². The molecule has 0 radical (unpaired) electrons. The van der Waals surface area contributed by atoms with Crippen LogP contribution in [0.2, 0.25) is 0 Å². The molecule has 0 N–H and O–H groups in total. The van der Waals surface area contributed by atoms with Crippen molar-refractivity contribution in [2.45, 2.75) is 64.7 Å². The molecule has 1 atom stereocenters. The quantitative estimate of drug-likeness (QED) is 0.331. The Balaban J connectivity index is 2.51. The zero-order valence-electron chi connectivity index (χ0n) is 11.3. The van der Waals surface area contributed by atoms with Crippen LogP contribution in [-0.2, 0) is 14.3 Å². The van der Waals surface area contributed by atoms with Crippen molar-refractivity contribution in [2.75, 3.05) is 0 Å². The Hall–Kier alpha value is -1.12. The molecule has 0 saturated carbocycles. The first-order chi connectivity index (χ1) is 8.74. The second-order valence-corrected chi connectivity index (χ2v) is 4.92. The molecule has 0 amide bonds. The summed E-state index contributed by atoms with van der Waals surface area (Å²) in [6, 6.07) is 0. The molecule has 1 fully saturated rings. The Bertz CT molecular complexity index is 294. The van der Waals surface area contributed by atoms with Gasteiger partial charge in [-0.25, -0.2) is 0 Å². The van der Waals surface area contributed by atoms with E-state index in [9.17, 15) is 9.59 Å². The predicted octanol–water partition coefficient (Wildman–Crippen LogP) is 3.77. The molecule has 3 nitrogen and oxygen atoms in total. The van der Waals surface area contributed by atoms with Gasteiger partial charge in [0.15, 0.2) is 0 Å².